The molecule has 0 aromatic heterocycles. The number of benzene rings is 1. The maximum Gasteiger partial charge on any atom is 0.387 e. The number of methoxy groups -OCH3 is 1. The van der Waals surface area contributed by atoms with E-state index >= 15 is 0 Å². The molecule has 1 aromatic carbocycles. The number of halogens is 2. The molecule has 19 heavy (non-hydrogen) atoms. The Kier molecular flexibility index (Phi) is 6.52. The van der Waals surface area contributed by atoms with E-state index in [1.807, 2.05) is 6.92 Å². The first kappa shape index (κ1) is 15.7. The van der Waals surface area contributed by atoms with Crippen molar-refractivity contribution in [2.24, 2.45) is 0 Å². The van der Waals surface area contributed by atoms with Crippen LogP contribution in [0.4, 0.5) is 8.78 Å². The van der Waals surface area contributed by atoms with E-state index in [-0.39, 0.29) is 24.1 Å². The molecule has 1 atom stereocenters. The van der Waals surface area contributed by atoms with Crippen LogP contribution in [0.15, 0.2) is 18.2 Å². The molecule has 0 bridgehead atoms. The molecule has 0 amide bonds. The van der Waals surface area contributed by atoms with Crippen LogP contribution < -0.4 is 14.8 Å². The van der Waals surface area contributed by atoms with E-state index in [2.05, 4.69) is 10.1 Å². The molecule has 0 fully saturated rings. The Hall–Kier alpha value is -1.40. The Morgan fingerprint density at radius 2 is 2.05 bits per heavy atom. The fourth-order valence-electron chi connectivity index (χ4n) is 1.62. The summed E-state index contributed by atoms with van der Waals surface area (Å²) in [6.07, 6.45) is 0.785. The highest BCUT2D eigenvalue weighted by molar-refractivity contribution is 5.43. The molecule has 6 heteroatoms. The molecule has 1 rings (SSSR count). The molecular formula is C13H19F2NO3. The van der Waals surface area contributed by atoms with Gasteiger partial charge in [-0.05, 0) is 24.1 Å². The minimum Gasteiger partial charge on any atom is -0.493 e. The summed E-state index contributed by atoms with van der Waals surface area (Å²) in [6, 6.07) is 4.83. The normalized spacial score (nSPS) is 12.5. The largest absolute Gasteiger partial charge is 0.493 e. The molecule has 0 saturated carbocycles. The van der Waals surface area contributed by atoms with Gasteiger partial charge in [-0.25, -0.2) is 0 Å². The van der Waals surface area contributed by atoms with Gasteiger partial charge in [-0.15, -0.1) is 0 Å². The summed E-state index contributed by atoms with van der Waals surface area (Å²) in [6.45, 7) is -0.443. The van der Waals surface area contributed by atoms with Crippen LogP contribution in [-0.2, 0) is 6.54 Å². The van der Waals surface area contributed by atoms with E-state index in [1.54, 1.807) is 12.1 Å². The van der Waals surface area contributed by atoms with Crippen molar-refractivity contribution < 1.29 is 23.4 Å². The second-order valence-corrected chi connectivity index (χ2v) is 4.03. The van der Waals surface area contributed by atoms with E-state index in [1.165, 1.54) is 13.2 Å². The van der Waals surface area contributed by atoms with Crippen molar-refractivity contribution in [3.05, 3.63) is 23.8 Å². The van der Waals surface area contributed by atoms with Crippen LogP contribution in [0.3, 0.4) is 0 Å². The Bertz CT molecular complexity index is 384. The van der Waals surface area contributed by atoms with Crippen LogP contribution in [0, 0.1) is 0 Å². The maximum absolute atomic E-state index is 12.3. The fraction of sp³-hybridized carbons (Fsp3) is 0.538. The van der Waals surface area contributed by atoms with Gasteiger partial charge in [-0.3, -0.25) is 0 Å². The quantitative estimate of drug-likeness (QED) is 0.763. The second-order valence-electron chi connectivity index (χ2n) is 4.03. The first-order chi connectivity index (χ1) is 9.10. The molecule has 4 nitrogen and oxygen atoms in total. The highest BCUT2D eigenvalue weighted by atomic mass is 19.3. The molecule has 1 aromatic rings. The summed E-state index contributed by atoms with van der Waals surface area (Å²) in [7, 11) is 1.39. The summed E-state index contributed by atoms with van der Waals surface area (Å²) in [5.74, 6) is 0.270. The monoisotopic (exact) mass is 275 g/mol. The second kappa shape index (κ2) is 7.91. The standard InChI is InChI=1S/C13H19F2NO3/c1-3-10(8-17)16-7-9-4-5-11(18-2)12(6-9)19-13(14)15/h4-6,10,13,16-17H,3,7-8H2,1-2H3/t10-/m1/s1. The Morgan fingerprint density at radius 1 is 1.32 bits per heavy atom. The van der Waals surface area contributed by atoms with Crippen LogP contribution in [0.1, 0.15) is 18.9 Å². The minimum absolute atomic E-state index is 0.00819. The first-order valence-electron chi connectivity index (χ1n) is 6.06. The van der Waals surface area contributed by atoms with Crippen molar-refractivity contribution in [2.75, 3.05) is 13.7 Å². The number of hydrogen-bond acceptors (Lipinski definition) is 4. The number of ether oxygens (including phenoxy) is 2. The molecule has 0 aliphatic heterocycles. The smallest absolute Gasteiger partial charge is 0.387 e. The third kappa shape index (κ3) is 5.00. The van der Waals surface area contributed by atoms with Gasteiger partial charge in [0.2, 0.25) is 0 Å². The van der Waals surface area contributed by atoms with Gasteiger partial charge in [0, 0.05) is 12.6 Å². The summed E-state index contributed by atoms with van der Waals surface area (Å²) >= 11 is 0. The van der Waals surface area contributed by atoms with E-state index in [0.29, 0.717) is 6.54 Å². The van der Waals surface area contributed by atoms with Crippen molar-refractivity contribution in [2.45, 2.75) is 32.5 Å². The lowest BCUT2D eigenvalue weighted by atomic mass is 10.1. The molecule has 0 heterocycles. The fourth-order valence-corrected chi connectivity index (χ4v) is 1.62. The van der Waals surface area contributed by atoms with Crippen LogP contribution >= 0.6 is 0 Å². The third-order valence-corrected chi connectivity index (χ3v) is 2.75. The van der Waals surface area contributed by atoms with Gasteiger partial charge in [-0.2, -0.15) is 8.78 Å². The lowest BCUT2D eigenvalue weighted by Crippen LogP contribution is -2.31. The Morgan fingerprint density at radius 3 is 2.58 bits per heavy atom. The summed E-state index contributed by atoms with van der Waals surface area (Å²) in [4.78, 5) is 0. The van der Waals surface area contributed by atoms with E-state index in [9.17, 15) is 8.78 Å². The van der Waals surface area contributed by atoms with Crippen molar-refractivity contribution in [1.29, 1.82) is 0 Å². The number of rotatable bonds is 8. The number of nitrogens with one attached hydrogen (secondary N) is 1. The van der Waals surface area contributed by atoms with Gasteiger partial charge in [0.15, 0.2) is 11.5 Å². The average Bonchev–Trinajstić information content (AvgIpc) is 2.39. The molecule has 0 aliphatic rings. The van der Waals surface area contributed by atoms with Crippen LogP contribution in [0.25, 0.3) is 0 Å². The zero-order valence-corrected chi connectivity index (χ0v) is 11.0. The predicted octanol–water partition coefficient (Wildman–Crippen LogP) is 2.16. The van der Waals surface area contributed by atoms with Crippen LogP contribution in [0.2, 0.25) is 0 Å². The lowest BCUT2D eigenvalue weighted by molar-refractivity contribution is -0.0512. The zero-order chi connectivity index (χ0) is 14.3. The van der Waals surface area contributed by atoms with Crippen molar-refractivity contribution in [3.8, 4) is 11.5 Å². The first-order valence-corrected chi connectivity index (χ1v) is 6.06. The molecule has 2 N–H and O–H groups in total. The van der Waals surface area contributed by atoms with Crippen molar-refractivity contribution >= 4 is 0 Å². The molecular weight excluding hydrogens is 256 g/mol. The van der Waals surface area contributed by atoms with Gasteiger partial charge >= 0.3 is 6.61 Å². The molecule has 0 saturated heterocycles. The Labute approximate surface area is 111 Å². The van der Waals surface area contributed by atoms with Gasteiger partial charge in [0.1, 0.15) is 0 Å². The van der Waals surface area contributed by atoms with Gasteiger partial charge in [0.25, 0.3) is 0 Å². The van der Waals surface area contributed by atoms with E-state index < -0.39 is 6.61 Å². The van der Waals surface area contributed by atoms with Gasteiger partial charge < -0.3 is 19.9 Å². The zero-order valence-electron chi connectivity index (χ0n) is 11.0. The van der Waals surface area contributed by atoms with E-state index in [4.69, 9.17) is 9.84 Å². The average molecular weight is 275 g/mol. The maximum atomic E-state index is 12.3. The highest BCUT2D eigenvalue weighted by Gasteiger charge is 2.12. The molecule has 0 radical (unpaired) electrons. The minimum atomic E-state index is -2.89. The number of hydrogen-bond donors (Lipinski definition) is 2. The van der Waals surface area contributed by atoms with Gasteiger partial charge in [0.05, 0.1) is 13.7 Å². The van der Waals surface area contributed by atoms with Crippen molar-refractivity contribution in [1.82, 2.24) is 5.32 Å². The topological polar surface area (TPSA) is 50.7 Å². The van der Waals surface area contributed by atoms with Crippen LogP contribution in [0.5, 0.6) is 11.5 Å². The highest BCUT2D eigenvalue weighted by Crippen LogP contribution is 2.29. The number of aliphatic hydroxyl groups excluding tert-OH is 1. The predicted molar refractivity (Wildman–Crippen MR) is 67.6 cm³/mol. The number of aliphatic hydroxyl groups is 1. The molecule has 0 spiro atoms. The van der Waals surface area contributed by atoms with Crippen molar-refractivity contribution in [3.63, 3.8) is 0 Å². The molecule has 0 aliphatic carbocycles. The van der Waals surface area contributed by atoms with E-state index in [0.717, 1.165) is 12.0 Å². The molecule has 0 unspecified atom stereocenters. The number of alkyl halides is 2. The molecule has 108 valence electrons. The summed E-state index contributed by atoms with van der Waals surface area (Å²) in [5, 5.41) is 12.2. The third-order valence-electron chi connectivity index (χ3n) is 2.75. The Balaban J connectivity index is 2.74. The lowest BCUT2D eigenvalue weighted by Gasteiger charge is -2.15. The SMILES string of the molecule is CC[C@H](CO)NCc1ccc(OC)c(OC(F)F)c1. The van der Waals surface area contributed by atoms with Crippen LogP contribution in [-0.4, -0.2) is 31.5 Å². The summed E-state index contributed by atoms with van der Waals surface area (Å²) < 4.78 is 33.9. The summed E-state index contributed by atoms with van der Waals surface area (Å²) in [5.41, 5.74) is 0.781. The van der Waals surface area contributed by atoms with Gasteiger partial charge in [-0.1, -0.05) is 13.0 Å².